The standard InChI is InChI=1S/C14H20BrNO/c1-9(2)11(4)16(5)14(17)12-8-6-7-10(3)13(12)15/h6-9,11H,1-5H3. The van der Waals surface area contributed by atoms with Crippen molar-refractivity contribution in [3.8, 4) is 0 Å². The lowest BCUT2D eigenvalue weighted by Crippen LogP contribution is -2.38. The Labute approximate surface area is 112 Å². The minimum absolute atomic E-state index is 0.0711. The van der Waals surface area contributed by atoms with Gasteiger partial charge in [0.2, 0.25) is 0 Å². The van der Waals surface area contributed by atoms with E-state index in [0.717, 1.165) is 15.6 Å². The van der Waals surface area contributed by atoms with Gasteiger partial charge in [0.25, 0.3) is 5.91 Å². The zero-order valence-corrected chi connectivity index (χ0v) is 12.7. The van der Waals surface area contributed by atoms with Crippen LogP contribution in [0.1, 0.15) is 36.7 Å². The molecule has 1 unspecified atom stereocenters. The molecule has 0 aliphatic rings. The third-order valence-corrected chi connectivity index (χ3v) is 4.37. The second kappa shape index (κ2) is 5.67. The van der Waals surface area contributed by atoms with E-state index in [1.807, 2.05) is 37.1 Å². The minimum atomic E-state index is 0.0711. The fourth-order valence-electron chi connectivity index (χ4n) is 1.63. The van der Waals surface area contributed by atoms with E-state index in [0.29, 0.717) is 5.92 Å². The summed E-state index contributed by atoms with van der Waals surface area (Å²) in [5.74, 6) is 0.523. The Balaban J connectivity index is 3.01. The van der Waals surface area contributed by atoms with Gasteiger partial charge in [0.15, 0.2) is 0 Å². The maximum Gasteiger partial charge on any atom is 0.254 e. The normalized spacial score (nSPS) is 12.6. The van der Waals surface area contributed by atoms with Crippen LogP contribution in [0.25, 0.3) is 0 Å². The van der Waals surface area contributed by atoms with Crippen molar-refractivity contribution in [2.75, 3.05) is 7.05 Å². The van der Waals surface area contributed by atoms with Gasteiger partial charge in [-0.2, -0.15) is 0 Å². The van der Waals surface area contributed by atoms with Crippen LogP contribution in [0.5, 0.6) is 0 Å². The van der Waals surface area contributed by atoms with Crippen LogP contribution < -0.4 is 0 Å². The number of carbonyl (C=O) groups excluding carboxylic acids is 1. The molecule has 0 N–H and O–H groups in total. The van der Waals surface area contributed by atoms with Crippen LogP contribution in [0.2, 0.25) is 0 Å². The van der Waals surface area contributed by atoms with Crippen molar-refractivity contribution in [3.05, 3.63) is 33.8 Å². The van der Waals surface area contributed by atoms with Crippen LogP contribution in [0, 0.1) is 12.8 Å². The average Bonchev–Trinajstić information content (AvgIpc) is 2.29. The molecule has 1 rings (SSSR count). The van der Waals surface area contributed by atoms with Gasteiger partial charge in [-0.3, -0.25) is 4.79 Å². The molecule has 17 heavy (non-hydrogen) atoms. The molecule has 1 aromatic rings. The van der Waals surface area contributed by atoms with E-state index < -0.39 is 0 Å². The molecule has 1 aromatic carbocycles. The summed E-state index contributed by atoms with van der Waals surface area (Å²) in [5.41, 5.74) is 1.82. The summed E-state index contributed by atoms with van der Waals surface area (Å²) < 4.78 is 0.896. The molecule has 0 radical (unpaired) electrons. The Morgan fingerprint density at radius 2 is 1.88 bits per heavy atom. The van der Waals surface area contributed by atoms with Gasteiger partial charge in [-0.05, 0) is 47.3 Å². The first-order valence-corrected chi connectivity index (χ1v) is 6.67. The lowest BCUT2D eigenvalue weighted by Gasteiger charge is -2.28. The summed E-state index contributed by atoms with van der Waals surface area (Å²) in [4.78, 5) is 14.2. The van der Waals surface area contributed by atoms with Gasteiger partial charge in [-0.15, -0.1) is 0 Å². The van der Waals surface area contributed by atoms with Crippen molar-refractivity contribution in [1.82, 2.24) is 4.90 Å². The first-order chi connectivity index (χ1) is 7.86. The quantitative estimate of drug-likeness (QED) is 0.829. The molecule has 1 atom stereocenters. The number of halogens is 1. The Morgan fingerprint density at radius 1 is 1.29 bits per heavy atom. The highest BCUT2D eigenvalue weighted by atomic mass is 79.9. The second-order valence-corrected chi connectivity index (χ2v) is 5.63. The van der Waals surface area contributed by atoms with Crippen LogP contribution >= 0.6 is 15.9 Å². The van der Waals surface area contributed by atoms with E-state index in [2.05, 4.69) is 36.7 Å². The van der Waals surface area contributed by atoms with Crippen molar-refractivity contribution in [2.24, 2.45) is 5.92 Å². The first kappa shape index (κ1) is 14.2. The molecule has 94 valence electrons. The molecule has 0 aliphatic carbocycles. The second-order valence-electron chi connectivity index (χ2n) is 4.84. The van der Waals surface area contributed by atoms with E-state index in [4.69, 9.17) is 0 Å². The molecule has 0 aliphatic heterocycles. The molecule has 3 heteroatoms. The predicted octanol–water partition coefficient (Wildman–Crippen LogP) is 3.87. The molecule has 0 spiro atoms. The van der Waals surface area contributed by atoms with Gasteiger partial charge in [0, 0.05) is 17.6 Å². The SMILES string of the molecule is Cc1cccc(C(=O)N(C)C(C)C(C)C)c1Br. The number of rotatable bonds is 3. The Kier molecular flexibility index (Phi) is 4.75. The molecular formula is C14H20BrNO. The molecule has 0 heterocycles. The highest BCUT2D eigenvalue weighted by Crippen LogP contribution is 2.23. The van der Waals surface area contributed by atoms with Gasteiger partial charge in [-0.1, -0.05) is 26.0 Å². The number of carbonyl (C=O) groups is 1. The maximum atomic E-state index is 12.4. The van der Waals surface area contributed by atoms with Gasteiger partial charge in [0.05, 0.1) is 5.56 Å². The topological polar surface area (TPSA) is 20.3 Å². The van der Waals surface area contributed by atoms with Crippen LogP contribution in [-0.4, -0.2) is 23.9 Å². The molecule has 0 aromatic heterocycles. The Bertz CT molecular complexity index is 415. The van der Waals surface area contributed by atoms with E-state index in [1.54, 1.807) is 0 Å². The van der Waals surface area contributed by atoms with Gasteiger partial charge >= 0.3 is 0 Å². The number of amides is 1. The number of hydrogen-bond donors (Lipinski definition) is 0. The third kappa shape index (κ3) is 3.09. The fourth-order valence-corrected chi connectivity index (χ4v) is 2.07. The van der Waals surface area contributed by atoms with Crippen molar-refractivity contribution in [1.29, 1.82) is 0 Å². The molecular weight excluding hydrogens is 278 g/mol. The average molecular weight is 298 g/mol. The molecule has 0 bridgehead atoms. The Hall–Kier alpha value is -0.830. The van der Waals surface area contributed by atoms with E-state index >= 15 is 0 Å². The highest BCUT2D eigenvalue weighted by Gasteiger charge is 2.21. The predicted molar refractivity (Wildman–Crippen MR) is 75.3 cm³/mol. The summed E-state index contributed by atoms with van der Waals surface area (Å²) in [6.07, 6.45) is 0. The number of hydrogen-bond acceptors (Lipinski definition) is 1. The molecule has 2 nitrogen and oxygen atoms in total. The largest absolute Gasteiger partial charge is 0.339 e. The maximum absolute atomic E-state index is 12.4. The minimum Gasteiger partial charge on any atom is -0.339 e. The van der Waals surface area contributed by atoms with Crippen LogP contribution in [-0.2, 0) is 0 Å². The van der Waals surface area contributed by atoms with Crippen molar-refractivity contribution >= 4 is 21.8 Å². The van der Waals surface area contributed by atoms with Crippen LogP contribution in [0.3, 0.4) is 0 Å². The van der Waals surface area contributed by atoms with Crippen molar-refractivity contribution < 1.29 is 4.79 Å². The van der Waals surface area contributed by atoms with Gasteiger partial charge in [-0.25, -0.2) is 0 Å². The third-order valence-electron chi connectivity index (χ3n) is 3.32. The van der Waals surface area contributed by atoms with Gasteiger partial charge in [0.1, 0.15) is 0 Å². The summed E-state index contributed by atoms with van der Waals surface area (Å²) in [6.45, 7) is 8.32. The van der Waals surface area contributed by atoms with E-state index in [-0.39, 0.29) is 11.9 Å². The molecule has 0 saturated carbocycles. The monoisotopic (exact) mass is 297 g/mol. The molecule has 0 fully saturated rings. The first-order valence-electron chi connectivity index (χ1n) is 5.88. The van der Waals surface area contributed by atoms with E-state index in [1.165, 1.54) is 0 Å². The van der Waals surface area contributed by atoms with Crippen molar-refractivity contribution in [3.63, 3.8) is 0 Å². The summed E-state index contributed by atoms with van der Waals surface area (Å²) >= 11 is 3.49. The highest BCUT2D eigenvalue weighted by molar-refractivity contribution is 9.10. The number of benzene rings is 1. The van der Waals surface area contributed by atoms with Crippen LogP contribution in [0.15, 0.2) is 22.7 Å². The van der Waals surface area contributed by atoms with Crippen molar-refractivity contribution in [2.45, 2.75) is 33.7 Å². The zero-order chi connectivity index (χ0) is 13.2. The smallest absolute Gasteiger partial charge is 0.254 e. The summed E-state index contributed by atoms with van der Waals surface area (Å²) in [6, 6.07) is 6.01. The summed E-state index contributed by atoms with van der Waals surface area (Å²) in [7, 11) is 1.86. The Morgan fingerprint density at radius 3 is 2.41 bits per heavy atom. The number of aryl methyl sites for hydroxylation is 1. The van der Waals surface area contributed by atoms with Crippen LogP contribution in [0.4, 0.5) is 0 Å². The summed E-state index contributed by atoms with van der Waals surface area (Å²) in [5, 5.41) is 0. The lowest BCUT2D eigenvalue weighted by molar-refractivity contribution is 0.0706. The lowest BCUT2D eigenvalue weighted by atomic mass is 10.0. The molecule has 1 amide bonds. The zero-order valence-electron chi connectivity index (χ0n) is 11.1. The molecule has 0 saturated heterocycles. The van der Waals surface area contributed by atoms with E-state index in [9.17, 15) is 4.79 Å². The van der Waals surface area contributed by atoms with Gasteiger partial charge < -0.3 is 4.90 Å². The number of nitrogens with zero attached hydrogens (tertiary/aromatic N) is 1. The fraction of sp³-hybridized carbons (Fsp3) is 0.500.